The monoisotopic (exact) mass is 244 g/mol. The Morgan fingerprint density at radius 3 is 1.76 bits per heavy atom. The molecule has 0 aliphatic rings. The fourth-order valence-corrected chi connectivity index (χ4v) is 1.87. The predicted molar refractivity (Wildman–Crippen MR) is 76.4 cm³/mol. The van der Waals surface area contributed by atoms with Crippen LogP contribution in [-0.2, 0) is 0 Å². The molecule has 4 nitrogen and oxygen atoms in total. The second kappa shape index (κ2) is 12.3. The summed E-state index contributed by atoms with van der Waals surface area (Å²) in [7, 11) is 6.41. The number of unbranched alkanes of at least 4 members (excludes halogenated alkanes) is 1. The van der Waals surface area contributed by atoms with Gasteiger partial charge in [-0.05, 0) is 86.1 Å². The molecule has 0 unspecified atom stereocenters. The Kier molecular flexibility index (Phi) is 12.2. The number of rotatable bonds is 12. The molecular formula is C13H32N4. The Morgan fingerprint density at radius 2 is 1.29 bits per heavy atom. The molecule has 0 aromatic rings. The van der Waals surface area contributed by atoms with Crippen molar-refractivity contribution in [1.29, 1.82) is 0 Å². The lowest BCUT2D eigenvalue weighted by Gasteiger charge is -2.18. The van der Waals surface area contributed by atoms with Gasteiger partial charge in [0.25, 0.3) is 0 Å². The number of nitrogens with zero attached hydrogens (tertiary/aromatic N) is 2. The van der Waals surface area contributed by atoms with Crippen molar-refractivity contribution in [2.75, 3.05) is 60.4 Å². The van der Waals surface area contributed by atoms with E-state index in [1.165, 1.54) is 38.9 Å². The van der Waals surface area contributed by atoms with E-state index in [-0.39, 0.29) is 0 Å². The van der Waals surface area contributed by atoms with Crippen molar-refractivity contribution < 1.29 is 0 Å². The fraction of sp³-hybridized carbons (Fsp3) is 1.00. The van der Waals surface area contributed by atoms with E-state index in [0.29, 0.717) is 0 Å². The van der Waals surface area contributed by atoms with Crippen molar-refractivity contribution >= 4 is 0 Å². The van der Waals surface area contributed by atoms with Gasteiger partial charge in [0.1, 0.15) is 0 Å². The average Bonchev–Trinajstić information content (AvgIpc) is 2.32. The molecule has 0 bridgehead atoms. The summed E-state index contributed by atoms with van der Waals surface area (Å²) in [5, 5.41) is 3.18. The first kappa shape index (κ1) is 16.8. The Bertz CT molecular complexity index is 152. The zero-order chi connectivity index (χ0) is 12.9. The third-order valence-electron chi connectivity index (χ3n) is 3.04. The van der Waals surface area contributed by atoms with Crippen LogP contribution in [0.4, 0.5) is 0 Å². The molecule has 0 aromatic carbocycles. The maximum absolute atomic E-state index is 5.49. The quantitative estimate of drug-likeness (QED) is 0.493. The highest BCUT2D eigenvalue weighted by atomic mass is 15.1. The van der Waals surface area contributed by atoms with E-state index in [1.807, 2.05) is 7.05 Å². The zero-order valence-corrected chi connectivity index (χ0v) is 12.0. The minimum Gasteiger partial charge on any atom is -0.330 e. The second-order valence-corrected chi connectivity index (χ2v) is 4.91. The van der Waals surface area contributed by atoms with Gasteiger partial charge in [0, 0.05) is 0 Å². The first-order chi connectivity index (χ1) is 8.20. The molecule has 104 valence electrons. The Morgan fingerprint density at radius 1 is 0.824 bits per heavy atom. The van der Waals surface area contributed by atoms with Gasteiger partial charge < -0.3 is 20.9 Å². The zero-order valence-electron chi connectivity index (χ0n) is 12.0. The molecule has 4 heteroatoms. The van der Waals surface area contributed by atoms with Crippen LogP contribution in [0.25, 0.3) is 0 Å². The molecular weight excluding hydrogens is 212 g/mol. The van der Waals surface area contributed by atoms with Gasteiger partial charge in [0.05, 0.1) is 0 Å². The standard InChI is InChI=1S/C13H32N4/c1-15-9-7-13-17(3)11-5-4-10-16(2)12-6-8-14/h15H,4-14H2,1-3H3. The van der Waals surface area contributed by atoms with Crippen LogP contribution in [0.2, 0.25) is 0 Å². The smallest absolute Gasteiger partial charge is 0.000969 e. The minimum atomic E-state index is 0.804. The molecule has 0 aliphatic carbocycles. The highest BCUT2D eigenvalue weighted by Gasteiger charge is 2.00. The van der Waals surface area contributed by atoms with Gasteiger partial charge in [-0.2, -0.15) is 0 Å². The third-order valence-corrected chi connectivity index (χ3v) is 3.04. The van der Waals surface area contributed by atoms with Crippen molar-refractivity contribution in [2.24, 2.45) is 5.73 Å². The van der Waals surface area contributed by atoms with E-state index in [2.05, 4.69) is 29.2 Å². The molecule has 0 fully saturated rings. The van der Waals surface area contributed by atoms with Crippen molar-refractivity contribution in [3.05, 3.63) is 0 Å². The van der Waals surface area contributed by atoms with E-state index < -0.39 is 0 Å². The van der Waals surface area contributed by atoms with E-state index in [9.17, 15) is 0 Å². The summed E-state index contributed by atoms with van der Waals surface area (Å²) in [4.78, 5) is 4.81. The molecule has 17 heavy (non-hydrogen) atoms. The Labute approximate surface area is 108 Å². The summed E-state index contributed by atoms with van der Waals surface area (Å²) in [6, 6.07) is 0. The van der Waals surface area contributed by atoms with Crippen molar-refractivity contribution in [1.82, 2.24) is 15.1 Å². The topological polar surface area (TPSA) is 44.5 Å². The van der Waals surface area contributed by atoms with Crippen LogP contribution in [0, 0.1) is 0 Å². The molecule has 0 saturated heterocycles. The van der Waals surface area contributed by atoms with Gasteiger partial charge in [0.2, 0.25) is 0 Å². The lowest BCUT2D eigenvalue weighted by Crippen LogP contribution is -2.26. The van der Waals surface area contributed by atoms with Crippen LogP contribution in [0.3, 0.4) is 0 Å². The van der Waals surface area contributed by atoms with E-state index in [4.69, 9.17) is 5.73 Å². The number of hydrogen-bond acceptors (Lipinski definition) is 4. The molecule has 0 aliphatic heterocycles. The van der Waals surface area contributed by atoms with Gasteiger partial charge in [-0.15, -0.1) is 0 Å². The molecule has 0 atom stereocenters. The molecule has 0 rings (SSSR count). The normalized spacial score (nSPS) is 11.6. The molecule has 0 spiro atoms. The maximum Gasteiger partial charge on any atom is -0.000969 e. The van der Waals surface area contributed by atoms with Crippen LogP contribution in [0.15, 0.2) is 0 Å². The van der Waals surface area contributed by atoms with Gasteiger partial charge in [-0.1, -0.05) is 0 Å². The Balaban J connectivity index is 3.25. The number of nitrogens with two attached hydrogens (primary N) is 1. The highest BCUT2D eigenvalue weighted by Crippen LogP contribution is 1.97. The van der Waals surface area contributed by atoms with E-state index >= 15 is 0 Å². The lowest BCUT2D eigenvalue weighted by atomic mass is 10.2. The summed E-state index contributed by atoms with van der Waals surface area (Å²) in [5.41, 5.74) is 5.49. The van der Waals surface area contributed by atoms with Crippen LogP contribution < -0.4 is 11.1 Å². The van der Waals surface area contributed by atoms with Crippen molar-refractivity contribution in [3.63, 3.8) is 0 Å². The summed E-state index contributed by atoms with van der Waals surface area (Å²) in [5.74, 6) is 0. The molecule has 0 radical (unpaired) electrons. The highest BCUT2D eigenvalue weighted by molar-refractivity contribution is 4.56. The second-order valence-electron chi connectivity index (χ2n) is 4.91. The summed E-state index contributed by atoms with van der Waals surface area (Å²) < 4.78 is 0. The third kappa shape index (κ3) is 12.1. The number of nitrogens with one attached hydrogen (secondary N) is 1. The molecule has 0 saturated carbocycles. The molecule has 0 heterocycles. The van der Waals surface area contributed by atoms with Gasteiger partial charge in [-0.25, -0.2) is 0 Å². The van der Waals surface area contributed by atoms with Gasteiger partial charge in [-0.3, -0.25) is 0 Å². The largest absolute Gasteiger partial charge is 0.330 e. The van der Waals surface area contributed by atoms with Gasteiger partial charge >= 0.3 is 0 Å². The summed E-state index contributed by atoms with van der Waals surface area (Å²) in [6.45, 7) is 6.67. The molecule has 0 amide bonds. The van der Waals surface area contributed by atoms with Gasteiger partial charge in [0.15, 0.2) is 0 Å². The first-order valence-electron chi connectivity index (χ1n) is 6.92. The van der Waals surface area contributed by atoms with Crippen molar-refractivity contribution in [2.45, 2.75) is 25.7 Å². The first-order valence-corrected chi connectivity index (χ1v) is 6.92. The van der Waals surface area contributed by atoms with Crippen LogP contribution in [0.5, 0.6) is 0 Å². The van der Waals surface area contributed by atoms with Crippen molar-refractivity contribution in [3.8, 4) is 0 Å². The summed E-state index contributed by atoms with van der Waals surface area (Å²) in [6.07, 6.45) is 4.93. The average molecular weight is 244 g/mol. The number of hydrogen-bond donors (Lipinski definition) is 2. The predicted octanol–water partition coefficient (Wildman–Crippen LogP) is 0.589. The molecule has 0 aromatic heterocycles. The lowest BCUT2D eigenvalue weighted by molar-refractivity contribution is 0.290. The fourth-order valence-electron chi connectivity index (χ4n) is 1.87. The SMILES string of the molecule is CNCCCN(C)CCCCN(C)CCCN. The van der Waals surface area contributed by atoms with E-state index in [1.54, 1.807) is 0 Å². The van der Waals surface area contributed by atoms with Crippen LogP contribution >= 0.6 is 0 Å². The van der Waals surface area contributed by atoms with E-state index in [0.717, 1.165) is 26.1 Å². The maximum atomic E-state index is 5.49. The Hall–Kier alpha value is -0.160. The summed E-state index contributed by atoms with van der Waals surface area (Å²) >= 11 is 0. The minimum absolute atomic E-state index is 0.804. The molecule has 3 N–H and O–H groups in total. The van der Waals surface area contributed by atoms with Crippen LogP contribution in [0.1, 0.15) is 25.7 Å². The van der Waals surface area contributed by atoms with Crippen LogP contribution in [-0.4, -0.2) is 70.2 Å².